The summed E-state index contributed by atoms with van der Waals surface area (Å²) in [4.78, 5) is 24.0. The molecule has 0 atom stereocenters. The van der Waals surface area contributed by atoms with Crippen LogP contribution in [0.2, 0.25) is 0 Å². The standard InChI is InChI=1S/C18H18FNO4/c1-3-10-24-18(22)12-4-7-14(8-5-12)20-17(21)15-11-13(19)6-9-16(15)23-2/h4-9,11H,3,10H2,1-2H3,(H,20,21). The van der Waals surface area contributed by atoms with Gasteiger partial charge in [0.05, 0.1) is 24.8 Å². The molecule has 2 aromatic carbocycles. The molecule has 0 saturated heterocycles. The number of rotatable bonds is 6. The number of amides is 1. The lowest BCUT2D eigenvalue weighted by Crippen LogP contribution is -2.14. The lowest BCUT2D eigenvalue weighted by atomic mass is 10.1. The Morgan fingerprint density at radius 1 is 1.12 bits per heavy atom. The first kappa shape index (κ1) is 17.5. The number of carbonyl (C=O) groups is 2. The molecule has 0 aromatic heterocycles. The second-order valence-corrected chi connectivity index (χ2v) is 5.01. The van der Waals surface area contributed by atoms with Crippen LogP contribution in [0.5, 0.6) is 5.75 Å². The highest BCUT2D eigenvalue weighted by molar-refractivity contribution is 6.06. The molecule has 0 radical (unpaired) electrons. The van der Waals surface area contributed by atoms with Gasteiger partial charge < -0.3 is 14.8 Å². The minimum absolute atomic E-state index is 0.0870. The van der Waals surface area contributed by atoms with Gasteiger partial charge in [0, 0.05) is 5.69 Å². The summed E-state index contributed by atoms with van der Waals surface area (Å²) in [6.07, 6.45) is 0.745. The Kier molecular flexibility index (Phi) is 5.89. The molecule has 1 amide bonds. The number of hydrogen-bond acceptors (Lipinski definition) is 4. The molecule has 0 saturated carbocycles. The smallest absolute Gasteiger partial charge is 0.338 e. The van der Waals surface area contributed by atoms with Crippen molar-refractivity contribution in [2.45, 2.75) is 13.3 Å². The maximum atomic E-state index is 13.3. The molecule has 126 valence electrons. The van der Waals surface area contributed by atoms with Gasteiger partial charge in [-0.3, -0.25) is 4.79 Å². The number of hydrogen-bond donors (Lipinski definition) is 1. The predicted molar refractivity (Wildman–Crippen MR) is 87.9 cm³/mol. The summed E-state index contributed by atoms with van der Waals surface area (Å²) in [5, 5.41) is 2.63. The molecule has 0 unspecified atom stereocenters. The van der Waals surface area contributed by atoms with Crippen LogP contribution in [0, 0.1) is 5.82 Å². The van der Waals surface area contributed by atoms with Crippen LogP contribution < -0.4 is 10.1 Å². The van der Waals surface area contributed by atoms with Gasteiger partial charge in [-0.15, -0.1) is 0 Å². The Morgan fingerprint density at radius 3 is 2.46 bits per heavy atom. The summed E-state index contributed by atoms with van der Waals surface area (Å²) in [6.45, 7) is 2.27. The van der Waals surface area contributed by atoms with E-state index >= 15 is 0 Å². The molecule has 0 fully saturated rings. The molecule has 0 bridgehead atoms. The molecule has 0 spiro atoms. The average molecular weight is 331 g/mol. The SMILES string of the molecule is CCCOC(=O)c1ccc(NC(=O)c2cc(F)ccc2OC)cc1. The molecular weight excluding hydrogens is 313 g/mol. The van der Waals surface area contributed by atoms with Gasteiger partial charge in [0.15, 0.2) is 0 Å². The topological polar surface area (TPSA) is 64.6 Å². The van der Waals surface area contributed by atoms with E-state index in [1.54, 1.807) is 24.3 Å². The van der Waals surface area contributed by atoms with Crippen molar-refractivity contribution >= 4 is 17.6 Å². The van der Waals surface area contributed by atoms with Crippen LogP contribution in [0.1, 0.15) is 34.1 Å². The summed E-state index contributed by atoms with van der Waals surface area (Å²) in [5.74, 6) is -1.18. The van der Waals surface area contributed by atoms with Gasteiger partial charge in [-0.05, 0) is 48.9 Å². The number of esters is 1. The van der Waals surface area contributed by atoms with Crippen LogP contribution in [0.25, 0.3) is 0 Å². The molecule has 0 heterocycles. The van der Waals surface area contributed by atoms with Gasteiger partial charge in [0.25, 0.3) is 5.91 Å². The summed E-state index contributed by atoms with van der Waals surface area (Å²) in [6, 6.07) is 9.96. The number of methoxy groups -OCH3 is 1. The predicted octanol–water partition coefficient (Wildman–Crippen LogP) is 3.65. The number of ether oxygens (including phenoxy) is 2. The quantitative estimate of drug-likeness (QED) is 0.821. The van der Waals surface area contributed by atoms with E-state index in [1.165, 1.54) is 19.2 Å². The summed E-state index contributed by atoms with van der Waals surface area (Å²) in [7, 11) is 1.40. The molecule has 5 nitrogen and oxygen atoms in total. The van der Waals surface area contributed by atoms with Crippen LogP contribution in [0.15, 0.2) is 42.5 Å². The van der Waals surface area contributed by atoms with E-state index in [4.69, 9.17) is 9.47 Å². The third-order valence-electron chi connectivity index (χ3n) is 3.22. The number of benzene rings is 2. The van der Waals surface area contributed by atoms with E-state index in [-0.39, 0.29) is 11.3 Å². The minimum Gasteiger partial charge on any atom is -0.496 e. The Morgan fingerprint density at radius 2 is 1.83 bits per heavy atom. The van der Waals surface area contributed by atoms with Crippen molar-refractivity contribution in [2.24, 2.45) is 0 Å². The van der Waals surface area contributed by atoms with E-state index in [2.05, 4.69) is 5.32 Å². The van der Waals surface area contributed by atoms with Gasteiger partial charge >= 0.3 is 5.97 Å². The van der Waals surface area contributed by atoms with Crippen LogP contribution in [0.4, 0.5) is 10.1 Å². The minimum atomic E-state index is -0.532. The summed E-state index contributed by atoms with van der Waals surface area (Å²) in [5.41, 5.74) is 0.951. The Bertz CT molecular complexity index is 728. The number of anilines is 1. The lowest BCUT2D eigenvalue weighted by Gasteiger charge is -2.10. The summed E-state index contributed by atoms with van der Waals surface area (Å²) < 4.78 is 23.4. The number of nitrogens with one attached hydrogen (secondary N) is 1. The first-order chi connectivity index (χ1) is 11.5. The first-order valence-electron chi connectivity index (χ1n) is 7.47. The van der Waals surface area contributed by atoms with Crippen molar-refractivity contribution in [1.82, 2.24) is 0 Å². The normalized spacial score (nSPS) is 10.1. The van der Waals surface area contributed by atoms with Crippen molar-refractivity contribution < 1.29 is 23.5 Å². The zero-order valence-electron chi connectivity index (χ0n) is 13.5. The molecular formula is C18H18FNO4. The highest BCUT2D eigenvalue weighted by Gasteiger charge is 2.14. The molecule has 6 heteroatoms. The Labute approximate surface area is 139 Å². The van der Waals surface area contributed by atoms with E-state index < -0.39 is 17.7 Å². The monoisotopic (exact) mass is 331 g/mol. The first-order valence-corrected chi connectivity index (χ1v) is 7.47. The van der Waals surface area contributed by atoms with E-state index in [0.29, 0.717) is 17.9 Å². The van der Waals surface area contributed by atoms with Gasteiger partial charge in [-0.2, -0.15) is 0 Å². The molecule has 0 aliphatic carbocycles. The van der Waals surface area contributed by atoms with Crippen molar-refractivity contribution in [2.75, 3.05) is 19.0 Å². The van der Waals surface area contributed by atoms with Gasteiger partial charge in [-0.25, -0.2) is 9.18 Å². The van der Waals surface area contributed by atoms with Gasteiger partial charge in [0.1, 0.15) is 11.6 Å². The van der Waals surface area contributed by atoms with Crippen LogP contribution >= 0.6 is 0 Å². The summed E-state index contributed by atoms with van der Waals surface area (Å²) >= 11 is 0. The van der Waals surface area contributed by atoms with Crippen molar-refractivity contribution in [3.63, 3.8) is 0 Å². The zero-order valence-corrected chi connectivity index (χ0v) is 13.5. The van der Waals surface area contributed by atoms with Crippen LogP contribution in [0.3, 0.4) is 0 Å². The highest BCUT2D eigenvalue weighted by atomic mass is 19.1. The highest BCUT2D eigenvalue weighted by Crippen LogP contribution is 2.21. The molecule has 0 aliphatic rings. The largest absolute Gasteiger partial charge is 0.496 e. The zero-order chi connectivity index (χ0) is 17.5. The molecule has 24 heavy (non-hydrogen) atoms. The Hall–Kier alpha value is -2.89. The molecule has 0 aliphatic heterocycles. The maximum absolute atomic E-state index is 13.3. The third-order valence-corrected chi connectivity index (χ3v) is 3.22. The fourth-order valence-electron chi connectivity index (χ4n) is 2.02. The third kappa shape index (κ3) is 4.32. The van der Waals surface area contributed by atoms with Crippen LogP contribution in [-0.4, -0.2) is 25.6 Å². The molecule has 2 rings (SSSR count). The van der Waals surface area contributed by atoms with Crippen LogP contribution in [-0.2, 0) is 4.74 Å². The van der Waals surface area contributed by atoms with Gasteiger partial charge in [0.2, 0.25) is 0 Å². The maximum Gasteiger partial charge on any atom is 0.338 e. The fraction of sp³-hybridized carbons (Fsp3) is 0.222. The number of halogens is 1. The average Bonchev–Trinajstić information content (AvgIpc) is 2.60. The van der Waals surface area contributed by atoms with Crippen molar-refractivity contribution in [3.05, 3.63) is 59.4 Å². The van der Waals surface area contributed by atoms with E-state index in [0.717, 1.165) is 12.5 Å². The lowest BCUT2D eigenvalue weighted by molar-refractivity contribution is 0.0505. The van der Waals surface area contributed by atoms with E-state index in [1.807, 2.05) is 6.92 Å². The second-order valence-electron chi connectivity index (χ2n) is 5.01. The molecule has 1 N–H and O–H groups in total. The Balaban J connectivity index is 2.10. The van der Waals surface area contributed by atoms with Gasteiger partial charge in [-0.1, -0.05) is 6.92 Å². The van der Waals surface area contributed by atoms with Crippen molar-refractivity contribution in [1.29, 1.82) is 0 Å². The van der Waals surface area contributed by atoms with E-state index in [9.17, 15) is 14.0 Å². The second kappa shape index (κ2) is 8.10. The number of carbonyl (C=O) groups excluding carboxylic acids is 2. The fourth-order valence-corrected chi connectivity index (χ4v) is 2.02. The molecule has 2 aromatic rings. The van der Waals surface area contributed by atoms with Crippen molar-refractivity contribution in [3.8, 4) is 5.75 Å².